The molecule has 35 heavy (non-hydrogen) atoms. The third-order valence-electron chi connectivity index (χ3n) is 6.49. The van der Waals surface area contributed by atoms with E-state index in [0.29, 0.717) is 38.8 Å². The highest BCUT2D eigenvalue weighted by Gasteiger charge is 2.34. The molecule has 2 aliphatic rings. The van der Waals surface area contributed by atoms with Crippen LogP contribution >= 0.6 is 0 Å². The zero-order chi connectivity index (χ0) is 25.1. The molecule has 1 amide bonds. The highest BCUT2D eigenvalue weighted by molar-refractivity contribution is 7.89. The second-order valence-electron chi connectivity index (χ2n) is 8.99. The van der Waals surface area contributed by atoms with Crippen LogP contribution in [-0.4, -0.2) is 72.5 Å². The average molecular weight is 518 g/mol. The number of carbonyl (C=O) groups is 1. The van der Waals surface area contributed by atoms with Gasteiger partial charge in [0.15, 0.2) is 5.76 Å². The Labute approximate surface area is 202 Å². The molecule has 2 aromatic heterocycles. The predicted octanol–water partition coefficient (Wildman–Crippen LogP) is 3.22. The molecule has 2 fully saturated rings. The maximum absolute atomic E-state index is 13.4. The van der Waals surface area contributed by atoms with Gasteiger partial charge in [0.1, 0.15) is 11.4 Å². The van der Waals surface area contributed by atoms with E-state index in [1.54, 1.807) is 0 Å². The normalized spacial score (nSPS) is 22.5. The van der Waals surface area contributed by atoms with Crippen LogP contribution in [0.3, 0.4) is 0 Å². The van der Waals surface area contributed by atoms with Gasteiger partial charge in [0.2, 0.25) is 11.0 Å². The number of fused-ring (bicyclic) bond motifs is 1. The van der Waals surface area contributed by atoms with Gasteiger partial charge in [0.25, 0.3) is 10.0 Å². The average Bonchev–Trinajstić information content (AvgIpc) is 3.48. The molecule has 9 nitrogen and oxygen atoms in total. The first-order valence-electron chi connectivity index (χ1n) is 11.9. The second kappa shape index (κ2) is 10.7. The molecule has 0 bridgehead atoms. The van der Waals surface area contributed by atoms with Crippen molar-refractivity contribution in [2.45, 2.75) is 62.3 Å². The van der Waals surface area contributed by atoms with Crippen molar-refractivity contribution >= 4 is 15.9 Å². The van der Waals surface area contributed by atoms with Gasteiger partial charge in [-0.3, -0.25) is 14.8 Å². The van der Waals surface area contributed by atoms with Crippen LogP contribution in [0.2, 0.25) is 0 Å². The van der Waals surface area contributed by atoms with Crippen molar-refractivity contribution in [3.63, 3.8) is 0 Å². The van der Waals surface area contributed by atoms with Gasteiger partial charge in [-0.2, -0.15) is 22.6 Å². The van der Waals surface area contributed by atoms with E-state index in [9.17, 15) is 26.4 Å². The quantitative estimate of drug-likeness (QED) is 0.647. The fraction of sp³-hybridized carbons (Fsp3) is 0.636. The molecule has 2 aliphatic heterocycles. The van der Waals surface area contributed by atoms with Crippen LogP contribution < -0.4 is 5.32 Å². The Morgan fingerprint density at radius 1 is 1.03 bits per heavy atom. The summed E-state index contributed by atoms with van der Waals surface area (Å²) in [5.74, 6) is -0.0409. The van der Waals surface area contributed by atoms with Gasteiger partial charge in [0.05, 0.1) is 0 Å². The summed E-state index contributed by atoms with van der Waals surface area (Å²) in [5.41, 5.74) is -1.18. The van der Waals surface area contributed by atoms with Crippen molar-refractivity contribution in [2.24, 2.45) is 0 Å². The summed E-state index contributed by atoms with van der Waals surface area (Å²) in [5, 5.41) is 8.09. The van der Waals surface area contributed by atoms with Crippen LogP contribution in [0.5, 0.6) is 0 Å². The number of amides is 1. The lowest BCUT2D eigenvalue weighted by atomic mass is 9.98. The summed E-state index contributed by atoms with van der Waals surface area (Å²) in [6.07, 6.45) is 0.720. The number of hydrogen-bond donors (Lipinski definition) is 2. The van der Waals surface area contributed by atoms with E-state index in [1.807, 2.05) is 5.10 Å². The van der Waals surface area contributed by atoms with Crippen molar-refractivity contribution in [3.05, 3.63) is 23.9 Å². The van der Waals surface area contributed by atoms with Crippen molar-refractivity contribution < 1.29 is 30.8 Å². The number of rotatable bonds is 3. The van der Waals surface area contributed by atoms with E-state index in [4.69, 9.17) is 4.42 Å². The van der Waals surface area contributed by atoms with Gasteiger partial charge in [-0.05, 0) is 63.4 Å². The van der Waals surface area contributed by atoms with Crippen LogP contribution in [0.15, 0.2) is 27.7 Å². The lowest BCUT2D eigenvalue weighted by Gasteiger charge is -2.35. The predicted molar refractivity (Wildman–Crippen MR) is 121 cm³/mol. The lowest BCUT2D eigenvalue weighted by molar-refractivity contribution is -0.141. The monoisotopic (exact) mass is 517 g/mol. The molecular weight excluding hydrogens is 487 g/mol. The standard InChI is InChI=1S/C22H30F3N5O4S/c23-22(24,25)19-15-17(27-28-19)18-7-8-21(34-18)35(32,33)30-12-4-2-9-26-20(31)14-16-6-1-3-10-29(16)11-5-13-30/h7-8,15-16H,1-6,9-14H2,(H,26,31)(H,27,28). The van der Waals surface area contributed by atoms with E-state index in [2.05, 4.69) is 15.3 Å². The number of furan rings is 1. The summed E-state index contributed by atoms with van der Waals surface area (Å²) in [7, 11) is -4.01. The number of nitrogens with zero attached hydrogens (tertiary/aromatic N) is 3. The fourth-order valence-electron chi connectivity index (χ4n) is 4.63. The van der Waals surface area contributed by atoms with Crippen LogP contribution in [0.4, 0.5) is 13.2 Å². The number of sulfonamides is 1. The Morgan fingerprint density at radius 2 is 1.77 bits per heavy atom. The number of carbonyl (C=O) groups excluding carboxylic acids is 1. The number of hydrogen-bond acceptors (Lipinski definition) is 6. The molecule has 2 N–H and O–H groups in total. The van der Waals surface area contributed by atoms with E-state index in [0.717, 1.165) is 31.9 Å². The number of alkyl halides is 3. The zero-order valence-electron chi connectivity index (χ0n) is 19.3. The summed E-state index contributed by atoms with van der Waals surface area (Å²) < 4.78 is 72.1. The number of H-pyrrole nitrogens is 1. The van der Waals surface area contributed by atoms with Crippen LogP contribution in [0.1, 0.15) is 50.6 Å². The molecule has 2 aromatic rings. The number of halogens is 3. The number of aromatic amines is 1. The fourth-order valence-corrected chi connectivity index (χ4v) is 6.06. The lowest BCUT2D eigenvalue weighted by Crippen LogP contribution is -2.43. The molecule has 1 atom stereocenters. The minimum atomic E-state index is -4.60. The third-order valence-corrected chi connectivity index (χ3v) is 8.26. The molecule has 0 spiro atoms. The molecule has 1 unspecified atom stereocenters. The van der Waals surface area contributed by atoms with Crippen LogP contribution in [-0.2, 0) is 21.0 Å². The molecule has 13 heteroatoms. The molecule has 0 aliphatic carbocycles. The third kappa shape index (κ3) is 6.25. The smallest absolute Gasteiger partial charge is 0.432 e. The summed E-state index contributed by atoms with van der Waals surface area (Å²) >= 11 is 0. The summed E-state index contributed by atoms with van der Waals surface area (Å²) in [6.45, 7) is 2.57. The second-order valence-corrected chi connectivity index (χ2v) is 10.9. The van der Waals surface area contributed by atoms with Crippen LogP contribution in [0.25, 0.3) is 11.5 Å². The first-order chi connectivity index (χ1) is 16.6. The highest BCUT2D eigenvalue weighted by atomic mass is 32.2. The molecule has 0 saturated carbocycles. The zero-order valence-corrected chi connectivity index (χ0v) is 20.1. The van der Waals surface area contributed by atoms with Gasteiger partial charge in [-0.15, -0.1) is 0 Å². The SMILES string of the molecule is O=C1CC2CCCCN2CCCN(S(=O)(=O)c2ccc(-c3cc(C(F)(F)F)[nH]n3)o2)CCCCN1. The molecule has 2 saturated heterocycles. The Morgan fingerprint density at radius 3 is 2.54 bits per heavy atom. The first-order valence-corrected chi connectivity index (χ1v) is 13.3. The minimum absolute atomic E-state index is 0.0285. The Balaban J connectivity index is 1.49. The molecule has 194 valence electrons. The molecule has 0 aromatic carbocycles. The molecule has 4 rings (SSSR count). The topological polar surface area (TPSA) is 112 Å². The summed E-state index contributed by atoms with van der Waals surface area (Å²) in [4.78, 5) is 14.6. The van der Waals surface area contributed by atoms with E-state index < -0.39 is 21.9 Å². The maximum Gasteiger partial charge on any atom is 0.432 e. The van der Waals surface area contributed by atoms with Gasteiger partial charge in [-0.1, -0.05) is 6.42 Å². The van der Waals surface area contributed by atoms with Gasteiger partial charge < -0.3 is 9.73 Å². The Bertz CT molecular complexity index is 1110. The highest BCUT2D eigenvalue weighted by Crippen LogP contribution is 2.32. The number of aromatic nitrogens is 2. The number of nitrogens with one attached hydrogen (secondary N) is 2. The van der Waals surface area contributed by atoms with Gasteiger partial charge in [-0.25, -0.2) is 8.42 Å². The van der Waals surface area contributed by atoms with Gasteiger partial charge in [0, 0.05) is 32.1 Å². The van der Waals surface area contributed by atoms with Gasteiger partial charge >= 0.3 is 6.18 Å². The van der Waals surface area contributed by atoms with Crippen molar-refractivity contribution in [3.8, 4) is 11.5 Å². The first kappa shape index (κ1) is 25.7. The van der Waals surface area contributed by atoms with E-state index in [-0.39, 0.29) is 41.6 Å². The Hall–Kier alpha value is -2.38. The van der Waals surface area contributed by atoms with Crippen molar-refractivity contribution in [1.82, 2.24) is 24.7 Å². The number of piperidine rings is 1. The van der Waals surface area contributed by atoms with E-state index >= 15 is 0 Å². The molecule has 0 radical (unpaired) electrons. The Kier molecular flexibility index (Phi) is 7.86. The van der Waals surface area contributed by atoms with E-state index in [1.165, 1.54) is 16.4 Å². The largest absolute Gasteiger partial charge is 0.442 e. The van der Waals surface area contributed by atoms with Crippen LogP contribution in [0, 0.1) is 0 Å². The summed E-state index contributed by atoms with van der Waals surface area (Å²) in [6, 6.07) is 3.49. The van der Waals surface area contributed by atoms with Crippen molar-refractivity contribution in [1.29, 1.82) is 0 Å². The maximum atomic E-state index is 13.4. The van der Waals surface area contributed by atoms with Crippen molar-refractivity contribution in [2.75, 3.05) is 32.7 Å². The molecule has 4 heterocycles. The minimum Gasteiger partial charge on any atom is -0.442 e. The molecular formula is C22H30F3N5O4S.